The molecule has 0 fully saturated rings. The summed E-state index contributed by atoms with van der Waals surface area (Å²) in [6.45, 7) is 0. The molecule has 0 aliphatic rings. The molecule has 0 saturated heterocycles. The molecular weight excluding hydrogens is 324 g/mol. The normalized spacial score (nSPS) is 10.4. The molecule has 4 nitrogen and oxygen atoms in total. The van der Waals surface area contributed by atoms with Crippen molar-refractivity contribution in [2.75, 3.05) is 12.8 Å². The van der Waals surface area contributed by atoms with Crippen LogP contribution in [0.15, 0.2) is 60.8 Å². The third-order valence-corrected chi connectivity index (χ3v) is 4.04. The lowest BCUT2D eigenvalue weighted by Crippen LogP contribution is -2.09. The quantitative estimate of drug-likeness (QED) is 0.723. The first-order valence-electron chi connectivity index (χ1n) is 7.30. The average molecular weight is 339 g/mol. The molecule has 0 unspecified atom stereocenters. The zero-order valence-electron chi connectivity index (χ0n) is 13.0. The number of benzene rings is 2. The van der Waals surface area contributed by atoms with Gasteiger partial charge in [-0.1, -0.05) is 35.9 Å². The lowest BCUT2D eigenvalue weighted by atomic mass is 9.94. The average Bonchev–Trinajstić information content (AvgIpc) is 2.61. The Hall–Kier alpha value is -2.85. The number of ketones is 1. The van der Waals surface area contributed by atoms with E-state index in [-0.39, 0.29) is 11.6 Å². The maximum atomic E-state index is 13.0. The van der Waals surface area contributed by atoms with Gasteiger partial charge in [0.2, 0.25) is 0 Å². The maximum Gasteiger partial charge on any atom is 0.198 e. The Balaban J connectivity index is 2.18. The molecule has 1 aromatic heterocycles. The number of ether oxygens (including phenoxy) is 1. The van der Waals surface area contributed by atoms with Crippen molar-refractivity contribution >= 4 is 23.2 Å². The fraction of sp³-hybridized carbons (Fsp3) is 0.0526. The fourth-order valence-electron chi connectivity index (χ4n) is 2.53. The third-order valence-electron chi connectivity index (χ3n) is 3.71. The van der Waals surface area contributed by atoms with Crippen LogP contribution in [0.4, 0.5) is 5.82 Å². The van der Waals surface area contributed by atoms with Gasteiger partial charge in [0.25, 0.3) is 0 Å². The summed E-state index contributed by atoms with van der Waals surface area (Å²) < 4.78 is 5.26. The van der Waals surface area contributed by atoms with Crippen molar-refractivity contribution < 1.29 is 9.53 Å². The van der Waals surface area contributed by atoms with Crippen LogP contribution < -0.4 is 10.5 Å². The summed E-state index contributed by atoms with van der Waals surface area (Å²) in [6, 6.07) is 16.1. The number of methoxy groups -OCH3 is 1. The zero-order chi connectivity index (χ0) is 17.1. The Bertz CT molecular complexity index is 909. The number of anilines is 1. The second-order valence-corrected chi connectivity index (χ2v) is 5.57. The van der Waals surface area contributed by atoms with Gasteiger partial charge in [0, 0.05) is 11.8 Å². The number of hydrogen-bond donors (Lipinski definition) is 1. The summed E-state index contributed by atoms with van der Waals surface area (Å²) in [5.41, 5.74) is 8.24. The number of aromatic nitrogens is 1. The van der Waals surface area contributed by atoms with E-state index in [0.717, 1.165) is 5.56 Å². The SMILES string of the molecule is COc1cccc(-c2ccnc(N)c2C(=O)c2ccccc2Cl)c1. The Morgan fingerprint density at radius 2 is 1.92 bits per heavy atom. The van der Waals surface area contributed by atoms with Gasteiger partial charge in [-0.15, -0.1) is 0 Å². The van der Waals surface area contributed by atoms with Crippen molar-refractivity contribution in [2.45, 2.75) is 0 Å². The smallest absolute Gasteiger partial charge is 0.198 e. The van der Waals surface area contributed by atoms with Crippen LogP contribution in [0.5, 0.6) is 5.75 Å². The number of carbonyl (C=O) groups is 1. The molecule has 120 valence electrons. The summed E-state index contributed by atoms with van der Waals surface area (Å²) in [5.74, 6) is 0.600. The molecule has 0 bridgehead atoms. The monoisotopic (exact) mass is 338 g/mol. The fourth-order valence-corrected chi connectivity index (χ4v) is 2.75. The summed E-state index contributed by atoms with van der Waals surface area (Å²) in [7, 11) is 1.59. The van der Waals surface area contributed by atoms with Crippen LogP contribution in [0.1, 0.15) is 15.9 Å². The first-order valence-corrected chi connectivity index (χ1v) is 7.67. The number of halogens is 1. The topological polar surface area (TPSA) is 65.2 Å². The van der Waals surface area contributed by atoms with Crippen LogP contribution in [-0.4, -0.2) is 17.9 Å². The van der Waals surface area contributed by atoms with Gasteiger partial charge >= 0.3 is 0 Å². The number of pyridine rings is 1. The van der Waals surface area contributed by atoms with Crippen LogP contribution in [-0.2, 0) is 0 Å². The van der Waals surface area contributed by atoms with Crippen LogP contribution in [0.3, 0.4) is 0 Å². The highest BCUT2D eigenvalue weighted by Gasteiger charge is 2.20. The minimum Gasteiger partial charge on any atom is -0.497 e. The van der Waals surface area contributed by atoms with E-state index in [4.69, 9.17) is 22.1 Å². The zero-order valence-corrected chi connectivity index (χ0v) is 13.7. The highest BCUT2D eigenvalue weighted by Crippen LogP contribution is 2.32. The molecule has 3 rings (SSSR count). The molecule has 2 aromatic carbocycles. The van der Waals surface area contributed by atoms with E-state index < -0.39 is 0 Å². The third kappa shape index (κ3) is 2.96. The summed E-state index contributed by atoms with van der Waals surface area (Å²) in [4.78, 5) is 17.1. The highest BCUT2D eigenvalue weighted by atomic mass is 35.5. The standard InChI is InChI=1S/C19H15ClN2O2/c1-24-13-6-4-5-12(11-13)14-9-10-22-19(21)17(14)18(23)15-7-2-3-8-16(15)20/h2-11H,1H3,(H2,21,22). The lowest BCUT2D eigenvalue weighted by molar-refractivity contribution is 0.104. The molecule has 0 aliphatic carbocycles. The molecule has 0 aliphatic heterocycles. The van der Waals surface area contributed by atoms with Gasteiger partial charge in [-0.3, -0.25) is 4.79 Å². The molecule has 0 amide bonds. The second-order valence-electron chi connectivity index (χ2n) is 5.16. The van der Waals surface area contributed by atoms with Gasteiger partial charge in [0.15, 0.2) is 5.78 Å². The molecule has 24 heavy (non-hydrogen) atoms. The molecule has 0 radical (unpaired) electrons. The van der Waals surface area contributed by atoms with E-state index in [2.05, 4.69) is 4.98 Å². The van der Waals surface area contributed by atoms with E-state index in [1.54, 1.807) is 43.6 Å². The van der Waals surface area contributed by atoms with Crippen LogP contribution >= 0.6 is 11.6 Å². The van der Waals surface area contributed by atoms with Crippen molar-refractivity contribution in [3.05, 3.63) is 76.9 Å². The number of carbonyl (C=O) groups excluding carboxylic acids is 1. The van der Waals surface area contributed by atoms with E-state index in [1.807, 2.05) is 24.3 Å². The number of nitrogens with zero attached hydrogens (tertiary/aromatic N) is 1. The van der Waals surface area contributed by atoms with Crippen LogP contribution in [0.25, 0.3) is 11.1 Å². The van der Waals surface area contributed by atoms with E-state index in [1.165, 1.54) is 0 Å². The molecule has 3 aromatic rings. The van der Waals surface area contributed by atoms with Gasteiger partial charge in [-0.05, 0) is 41.5 Å². The lowest BCUT2D eigenvalue weighted by Gasteiger charge is -2.12. The first kappa shape index (κ1) is 16.0. The molecule has 0 atom stereocenters. The van der Waals surface area contributed by atoms with Gasteiger partial charge in [-0.2, -0.15) is 0 Å². The Morgan fingerprint density at radius 1 is 1.12 bits per heavy atom. The van der Waals surface area contributed by atoms with Gasteiger partial charge in [0.05, 0.1) is 17.7 Å². The molecule has 0 saturated carbocycles. The Kier molecular flexibility index (Phi) is 4.49. The van der Waals surface area contributed by atoms with Crippen molar-refractivity contribution in [3.8, 4) is 16.9 Å². The number of nitrogen functional groups attached to an aromatic ring is 1. The van der Waals surface area contributed by atoms with Crippen molar-refractivity contribution in [3.63, 3.8) is 0 Å². The second kappa shape index (κ2) is 6.72. The minimum absolute atomic E-state index is 0.167. The predicted octanol–water partition coefficient (Wildman–Crippen LogP) is 4.22. The van der Waals surface area contributed by atoms with Crippen molar-refractivity contribution in [1.29, 1.82) is 0 Å². The van der Waals surface area contributed by atoms with E-state index in [0.29, 0.717) is 27.5 Å². The minimum atomic E-state index is -0.260. The molecule has 1 heterocycles. The highest BCUT2D eigenvalue weighted by molar-refractivity contribution is 6.35. The van der Waals surface area contributed by atoms with E-state index in [9.17, 15) is 4.79 Å². The van der Waals surface area contributed by atoms with Crippen molar-refractivity contribution in [2.24, 2.45) is 0 Å². The molecular formula is C19H15ClN2O2. The number of rotatable bonds is 4. The summed E-state index contributed by atoms with van der Waals surface area (Å²) in [6.07, 6.45) is 1.58. The Labute approximate surface area is 144 Å². The summed E-state index contributed by atoms with van der Waals surface area (Å²) in [5, 5.41) is 0.377. The van der Waals surface area contributed by atoms with Gasteiger partial charge in [-0.25, -0.2) is 4.98 Å². The number of hydrogen-bond acceptors (Lipinski definition) is 4. The Morgan fingerprint density at radius 3 is 2.67 bits per heavy atom. The molecule has 0 spiro atoms. The van der Waals surface area contributed by atoms with Crippen molar-refractivity contribution in [1.82, 2.24) is 4.98 Å². The predicted molar refractivity (Wildman–Crippen MR) is 95.5 cm³/mol. The molecule has 5 heteroatoms. The van der Waals surface area contributed by atoms with Gasteiger partial charge < -0.3 is 10.5 Å². The maximum absolute atomic E-state index is 13.0. The van der Waals surface area contributed by atoms with Crippen LogP contribution in [0, 0.1) is 0 Å². The summed E-state index contributed by atoms with van der Waals surface area (Å²) >= 11 is 6.17. The van der Waals surface area contributed by atoms with Gasteiger partial charge in [0.1, 0.15) is 11.6 Å². The largest absolute Gasteiger partial charge is 0.497 e. The number of nitrogens with two attached hydrogens (primary N) is 1. The van der Waals surface area contributed by atoms with E-state index >= 15 is 0 Å². The molecule has 2 N–H and O–H groups in total. The van der Waals surface area contributed by atoms with Crippen LogP contribution in [0.2, 0.25) is 5.02 Å². The first-order chi connectivity index (χ1) is 11.6.